The van der Waals surface area contributed by atoms with Crippen molar-refractivity contribution in [1.82, 2.24) is 14.9 Å². The van der Waals surface area contributed by atoms with Crippen LogP contribution in [0.5, 0.6) is 0 Å². The number of nitrogens with zero attached hydrogens (tertiary/aromatic N) is 3. The molecule has 2 aromatic heterocycles. The summed E-state index contributed by atoms with van der Waals surface area (Å²) in [6.07, 6.45) is 0. The summed E-state index contributed by atoms with van der Waals surface area (Å²) in [4.78, 5) is 22.8. The van der Waals surface area contributed by atoms with E-state index in [1.165, 1.54) is 0 Å². The average Bonchev–Trinajstić information content (AvgIpc) is 3.03. The fraction of sp³-hybridized carbons (Fsp3) is 0.188. The highest BCUT2D eigenvalue weighted by Gasteiger charge is 2.24. The van der Waals surface area contributed by atoms with Gasteiger partial charge >= 0.3 is 0 Å². The molecule has 3 aromatic rings. The molecule has 3 heterocycles. The Labute approximate surface area is 126 Å². The Balaban J connectivity index is 1.93. The predicted molar refractivity (Wildman–Crippen MR) is 83.4 cm³/mol. The Morgan fingerprint density at radius 1 is 1.24 bits per heavy atom. The van der Waals surface area contributed by atoms with Gasteiger partial charge in [-0.1, -0.05) is 6.07 Å². The van der Waals surface area contributed by atoms with Crippen LogP contribution in [0.15, 0.2) is 29.6 Å². The minimum atomic E-state index is 0.0942. The number of hydrogen-bond acceptors (Lipinski definition) is 4. The van der Waals surface area contributed by atoms with Gasteiger partial charge in [0.2, 0.25) is 0 Å². The van der Waals surface area contributed by atoms with E-state index in [-0.39, 0.29) is 5.91 Å². The molecular formula is C16H13N3OS. The van der Waals surface area contributed by atoms with Crippen molar-refractivity contribution < 1.29 is 4.79 Å². The summed E-state index contributed by atoms with van der Waals surface area (Å²) in [5, 5.41) is 2.03. The van der Waals surface area contributed by atoms with E-state index in [4.69, 9.17) is 0 Å². The number of amides is 1. The molecule has 1 aliphatic heterocycles. The maximum absolute atomic E-state index is 12.0. The van der Waals surface area contributed by atoms with Crippen LogP contribution in [0.2, 0.25) is 0 Å². The number of carbonyl (C=O) groups is 1. The van der Waals surface area contributed by atoms with E-state index in [0.717, 1.165) is 38.4 Å². The monoisotopic (exact) mass is 295 g/mol. The van der Waals surface area contributed by atoms with E-state index in [2.05, 4.69) is 16.0 Å². The first-order valence-electron chi connectivity index (χ1n) is 6.74. The third-order valence-corrected chi connectivity index (χ3v) is 4.69. The normalized spacial score (nSPS) is 14.0. The third-order valence-electron chi connectivity index (χ3n) is 3.78. The maximum Gasteiger partial charge on any atom is 0.254 e. The molecule has 0 N–H and O–H groups in total. The van der Waals surface area contributed by atoms with Gasteiger partial charge in [-0.05, 0) is 36.1 Å². The first-order chi connectivity index (χ1) is 10.1. The molecule has 5 heteroatoms. The Bertz CT molecular complexity index is 884. The van der Waals surface area contributed by atoms with Crippen LogP contribution in [-0.2, 0) is 6.54 Å². The van der Waals surface area contributed by atoms with Gasteiger partial charge in [0.05, 0.1) is 15.9 Å². The molecule has 21 heavy (non-hydrogen) atoms. The van der Waals surface area contributed by atoms with Crippen molar-refractivity contribution in [2.45, 2.75) is 13.5 Å². The van der Waals surface area contributed by atoms with Crippen LogP contribution in [0, 0.1) is 6.92 Å². The van der Waals surface area contributed by atoms with Crippen molar-refractivity contribution >= 4 is 27.5 Å². The summed E-state index contributed by atoms with van der Waals surface area (Å²) in [6.45, 7) is 2.57. The van der Waals surface area contributed by atoms with Crippen molar-refractivity contribution in [3.05, 3.63) is 46.6 Å². The molecule has 104 valence electrons. The van der Waals surface area contributed by atoms with Gasteiger partial charge in [0.15, 0.2) is 0 Å². The largest absolute Gasteiger partial charge is 0.337 e. The number of rotatable bonds is 1. The summed E-state index contributed by atoms with van der Waals surface area (Å²) in [7, 11) is 1.83. The van der Waals surface area contributed by atoms with Crippen LogP contribution in [0.4, 0.5) is 0 Å². The van der Waals surface area contributed by atoms with E-state index in [0.29, 0.717) is 6.54 Å². The van der Waals surface area contributed by atoms with Crippen molar-refractivity contribution in [2.75, 3.05) is 7.05 Å². The van der Waals surface area contributed by atoms with Crippen LogP contribution >= 0.6 is 11.3 Å². The standard InChI is InChI=1S/C16H13N3OS/c1-9-17-13-5-6-21-15(13)14(18-9)10-3-4-12-11(7-10)8-19(2)16(12)20/h3-7H,8H2,1-2H3. The van der Waals surface area contributed by atoms with Crippen molar-refractivity contribution in [3.63, 3.8) is 0 Å². The molecule has 1 aliphatic rings. The predicted octanol–water partition coefficient (Wildman–Crippen LogP) is 3.25. The van der Waals surface area contributed by atoms with E-state index in [9.17, 15) is 4.79 Å². The summed E-state index contributed by atoms with van der Waals surface area (Å²) < 4.78 is 1.10. The third kappa shape index (κ3) is 1.85. The topological polar surface area (TPSA) is 46.1 Å². The number of aryl methyl sites for hydroxylation is 1. The Morgan fingerprint density at radius 3 is 2.95 bits per heavy atom. The minimum Gasteiger partial charge on any atom is -0.337 e. The highest BCUT2D eigenvalue weighted by Crippen LogP contribution is 2.33. The number of benzene rings is 1. The number of thiophene rings is 1. The first-order valence-corrected chi connectivity index (χ1v) is 7.62. The molecular weight excluding hydrogens is 282 g/mol. The zero-order valence-electron chi connectivity index (χ0n) is 11.8. The van der Waals surface area contributed by atoms with Gasteiger partial charge < -0.3 is 4.90 Å². The molecule has 0 fully saturated rings. The Morgan fingerprint density at radius 2 is 2.10 bits per heavy atom. The molecule has 4 nitrogen and oxygen atoms in total. The van der Waals surface area contributed by atoms with Gasteiger partial charge in [0.1, 0.15) is 5.82 Å². The van der Waals surface area contributed by atoms with E-state index >= 15 is 0 Å². The summed E-state index contributed by atoms with van der Waals surface area (Å²) in [5.41, 5.74) is 4.86. The van der Waals surface area contributed by atoms with E-state index < -0.39 is 0 Å². The van der Waals surface area contributed by atoms with Gasteiger partial charge in [-0.15, -0.1) is 11.3 Å². The Hall–Kier alpha value is -2.27. The molecule has 0 radical (unpaired) electrons. The first kappa shape index (κ1) is 12.5. The second kappa shape index (κ2) is 4.36. The maximum atomic E-state index is 12.0. The van der Waals surface area contributed by atoms with Crippen LogP contribution in [0.3, 0.4) is 0 Å². The van der Waals surface area contributed by atoms with Crippen molar-refractivity contribution in [3.8, 4) is 11.3 Å². The summed E-state index contributed by atoms with van der Waals surface area (Å²) >= 11 is 1.65. The van der Waals surface area contributed by atoms with Crippen LogP contribution in [0.25, 0.3) is 21.5 Å². The van der Waals surface area contributed by atoms with Crippen LogP contribution in [-0.4, -0.2) is 27.8 Å². The zero-order chi connectivity index (χ0) is 14.6. The zero-order valence-corrected chi connectivity index (χ0v) is 12.6. The van der Waals surface area contributed by atoms with Gasteiger partial charge in [-0.2, -0.15) is 0 Å². The Kier molecular flexibility index (Phi) is 2.59. The molecule has 0 saturated carbocycles. The number of fused-ring (bicyclic) bond motifs is 2. The lowest BCUT2D eigenvalue weighted by atomic mass is 10.0. The molecule has 0 atom stereocenters. The number of carbonyl (C=O) groups excluding carboxylic acids is 1. The molecule has 0 spiro atoms. The van der Waals surface area contributed by atoms with Gasteiger partial charge in [-0.25, -0.2) is 9.97 Å². The van der Waals surface area contributed by atoms with Gasteiger partial charge in [-0.3, -0.25) is 4.79 Å². The second-order valence-electron chi connectivity index (χ2n) is 5.29. The molecule has 1 aromatic carbocycles. The van der Waals surface area contributed by atoms with E-state index in [1.807, 2.05) is 37.6 Å². The van der Waals surface area contributed by atoms with E-state index in [1.54, 1.807) is 16.2 Å². The SMILES string of the molecule is Cc1nc(-c2ccc3c(c2)CN(C)C3=O)c2sccc2n1. The molecule has 0 bridgehead atoms. The highest BCUT2D eigenvalue weighted by molar-refractivity contribution is 7.17. The second-order valence-corrected chi connectivity index (χ2v) is 6.20. The lowest BCUT2D eigenvalue weighted by Gasteiger charge is -2.06. The fourth-order valence-corrected chi connectivity index (χ4v) is 3.63. The molecule has 1 amide bonds. The number of aromatic nitrogens is 2. The minimum absolute atomic E-state index is 0.0942. The molecule has 0 aliphatic carbocycles. The fourth-order valence-electron chi connectivity index (χ4n) is 2.79. The van der Waals surface area contributed by atoms with Crippen molar-refractivity contribution in [2.24, 2.45) is 0 Å². The van der Waals surface area contributed by atoms with Gasteiger partial charge in [0.25, 0.3) is 5.91 Å². The summed E-state index contributed by atoms with van der Waals surface area (Å²) in [5.74, 6) is 0.862. The van der Waals surface area contributed by atoms with Crippen LogP contribution in [0.1, 0.15) is 21.7 Å². The number of hydrogen-bond donors (Lipinski definition) is 0. The lowest BCUT2D eigenvalue weighted by molar-refractivity contribution is 0.0816. The van der Waals surface area contributed by atoms with Crippen LogP contribution < -0.4 is 0 Å². The average molecular weight is 295 g/mol. The lowest BCUT2D eigenvalue weighted by Crippen LogP contribution is -2.17. The van der Waals surface area contributed by atoms with Gasteiger partial charge in [0, 0.05) is 24.7 Å². The van der Waals surface area contributed by atoms with Crippen molar-refractivity contribution in [1.29, 1.82) is 0 Å². The highest BCUT2D eigenvalue weighted by atomic mass is 32.1. The molecule has 4 rings (SSSR count). The molecule has 0 unspecified atom stereocenters. The quantitative estimate of drug-likeness (QED) is 0.692. The smallest absolute Gasteiger partial charge is 0.254 e. The molecule has 0 saturated heterocycles. The summed E-state index contributed by atoms with van der Waals surface area (Å²) in [6, 6.07) is 7.99.